The highest BCUT2D eigenvalue weighted by molar-refractivity contribution is 5.95. The Bertz CT molecular complexity index is 237. The van der Waals surface area contributed by atoms with Crippen molar-refractivity contribution in [3.63, 3.8) is 0 Å². The molecule has 0 aromatic heterocycles. The number of nitrogens with one attached hydrogen (secondary N) is 2. The number of carbonyl (C=O) groups is 2. The molecule has 0 aromatic carbocycles. The van der Waals surface area contributed by atoms with Crippen LogP contribution in [0.1, 0.15) is 6.42 Å². The summed E-state index contributed by atoms with van der Waals surface area (Å²) >= 11 is 0. The van der Waals surface area contributed by atoms with Gasteiger partial charge in [0.25, 0.3) is 0 Å². The number of hydrogen-bond donors (Lipinski definition) is 3. The summed E-state index contributed by atoms with van der Waals surface area (Å²) in [6, 6.07) is -0.318. The van der Waals surface area contributed by atoms with E-state index in [-0.39, 0.29) is 30.9 Å². The summed E-state index contributed by atoms with van der Waals surface area (Å²) in [5, 5.41) is 4.52. The first-order valence-electron chi connectivity index (χ1n) is 4.61. The molecule has 1 aliphatic heterocycles. The molecule has 0 saturated carbocycles. The number of carbonyl (C=O) groups excluding carboxylic acids is 2. The number of rotatable bonds is 2. The van der Waals surface area contributed by atoms with Gasteiger partial charge in [0, 0.05) is 26.2 Å². The van der Waals surface area contributed by atoms with Crippen LogP contribution in [0, 0.1) is 0 Å². The number of hydrogen-bond acceptors (Lipinski definition) is 4. The molecular formula is C8H17ClN4O2. The zero-order chi connectivity index (χ0) is 10.6. The van der Waals surface area contributed by atoms with Crippen LogP contribution in [0.3, 0.4) is 0 Å². The van der Waals surface area contributed by atoms with E-state index in [9.17, 15) is 9.59 Å². The van der Waals surface area contributed by atoms with Crippen LogP contribution in [0.25, 0.3) is 0 Å². The maximum absolute atomic E-state index is 11.2. The van der Waals surface area contributed by atoms with Gasteiger partial charge in [0.1, 0.15) is 0 Å². The van der Waals surface area contributed by atoms with Crippen molar-refractivity contribution in [2.75, 3.05) is 26.7 Å². The molecule has 1 saturated heterocycles. The van der Waals surface area contributed by atoms with Gasteiger partial charge in [-0.3, -0.25) is 15.0 Å². The van der Waals surface area contributed by atoms with Gasteiger partial charge >= 0.3 is 6.03 Å². The van der Waals surface area contributed by atoms with Gasteiger partial charge in [-0.1, -0.05) is 0 Å². The van der Waals surface area contributed by atoms with Crippen LogP contribution in [0.5, 0.6) is 0 Å². The van der Waals surface area contributed by atoms with Crippen LogP contribution in [0.15, 0.2) is 0 Å². The van der Waals surface area contributed by atoms with Crippen molar-refractivity contribution in [2.24, 2.45) is 5.73 Å². The highest BCUT2D eigenvalue weighted by Gasteiger charge is 2.21. The Kier molecular flexibility index (Phi) is 6.23. The Labute approximate surface area is 95.0 Å². The molecule has 0 aromatic rings. The van der Waals surface area contributed by atoms with Gasteiger partial charge in [0.15, 0.2) is 0 Å². The van der Waals surface area contributed by atoms with Crippen molar-refractivity contribution >= 4 is 24.3 Å². The first-order valence-corrected chi connectivity index (χ1v) is 4.61. The summed E-state index contributed by atoms with van der Waals surface area (Å²) in [4.78, 5) is 23.9. The molecule has 7 heteroatoms. The van der Waals surface area contributed by atoms with E-state index < -0.39 is 6.03 Å². The van der Waals surface area contributed by atoms with E-state index >= 15 is 0 Å². The van der Waals surface area contributed by atoms with Gasteiger partial charge in [0.2, 0.25) is 5.91 Å². The molecule has 15 heavy (non-hydrogen) atoms. The van der Waals surface area contributed by atoms with Gasteiger partial charge in [-0.05, 0) is 6.42 Å². The summed E-state index contributed by atoms with van der Waals surface area (Å²) < 4.78 is 0. The number of urea groups is 1. The molecule has 6 nitrogen and oxygen atoms in total. The van der Waals surface area contributed by atoms with Crippen molar-refractivity contribution in [1.82, 2.24) is 15.5 Å². The molecule has 1 unspecified atom stereocenters. The lowest BCUT2D eigenvalue weighted by molar-refractivity contribution is -0.120. The quantitative estimate of drug-likeness (QED) is 0.568. The summed E-state index contributed by atoms with van der Waals surface area (Å²) in [5.74, 6) is -0.293. The fraction of sp³-hybridized carbons (Fsp3) is 0.750. The normalized spacial score (nSPS) is 20.5. The number of likely N-dealkylation sites (tertiary alicyclic amines) is 1. The summed E-state index contributed by atoms with van der Waals surface area (Å²) in [5.41, 5.74) is 5.68. The van der Waals surface area contributed by atoms with Crippen LogP contribution in [0.4, 0.5) is 4.79 Å². The van der Waals surface area contributed by atoms with E-state index in [0.29, 0.717) is 0 Å². The third-order valence-electron chi connectivity index (χ3n) is 2.16. The highest BCUT2D eigenvalue weighted by Crippen LogP contribution is 2.05. The summed E-state index contributed by atoms with van der Waals surface area (Å²) in [6.45, 7) is 1.78. The number of nitrogens with two attached hydrogens (primary N) is 1. The fourth-order valence-corrected chi connectivity index (χ4v) is 1.44. The minimum Gasteiger partial charge on any atom is -0.341 e. The number of amides is 3. The molecule has 0 bridgehead atoms. The van der Waals surface area contributed by atoms with Crippen molar-refractivity contribution in [3.8, 4) is 0 Å². The molecule has 0 radical (unpaired) electrons. The topological polar surface area (TPSA) is 87.5 Å². The van der Waals surface area contributed by atoms with E-state index in [1.165, 1.54) is 7.05 Å². The number of halogens is 1. The lowest BCUT2D eigenvalue weighted by Gasteiger charge is -2.13. The maximum atomic E-state index is 11.2. The molecule has 1 heterocycles. The average Bonchev–Trinajstić information content (AvgIpc) is 2.50. The average molecular weight is 237 g/mol. The molecule has 0 aliphatic carbocycles. The number of imide groups is 1. The Morgan fingerprint density at radius 3 is 2.67 bits per heavy atom. The second-order valence-corrected chi connectivity index (χ2v) is 3.41. The summed E-state index contributed by atoms with van der Waals surface area (Å²) in [6.07, 6.45) is 0.910. The van der Waals surface area contributed by atoms with Crippen molar-refractivity contribution in [1.29, 1.82) is 0 Å². The maximum Gasteiger partial charge on any atom is 0.321 e. The van der Waals surface area contributed by atoms with E-state index in [1.807, 2.05) is 4.90 Å². The van der Waals surface area contributed by atoms with E-state index in [1.54, 1.807) is 0 Å². The smallest absolute Gasteiger partial charge is 0.321 e. The first-order chi connectivity index (χ1) is 6.61. The second-order valence-electron chi connectivity index (χ2n) is 3.41. The molecular weight excluding hydrogens is 220 g/mol. The second kappa shape index (κ2) is 6.60. The highest BCUT2D eigenvalue weighted by atomic mass is 35.5. The van der Waals surface area contributed by atoms with E-state index in [4.69, 9.17) is 5.73 Å². The van der Waals surface area contributed by atoms with Gasteiger partial charge in [-0.15, -0.1) is 12.4 Å². The SMILES string of the molecule is CNC(=O)NC(=O)CN1CCC(N)C1.Cl. The van der Waals surface area contributed by atoms with Crippen LogP contribution in [0.2, 0.25) is 0 Å². The third-order valence-corrected chi connectivity index (χ3v) is 2.16. The minimum atomic E-state index is -0.474. The molecule has 3 amide bonds. The minimum absolute atomic E-state index is 0. The van der Waals surface area contributed by atoms with Gasteiger partial charge in [-0.25, -0.2) is 4.79 Å². The molecule has 1 rings (SSSR count). The molecule has 0 spiro atoms. The van der Waals surface area contributed by atoms with Crippen molar-refractivity contribution in [2.45, 2.75) is 12.5 Å². The monoisotopic (exact) mass is 236 g/mol. The first kappa shape index (κ1) is 14.2. The predicted molar refractivity (Wildman–Crippen MR) is 58.9 cm³/mol. The van der Waals surface area contributed by atoms with Crippen molar-refractivity contribution < 1.29 is 9.59 Å². The zero-order valence-electron chi connectivity index (χ0n) is 8.66. The lowest BCUT2D eigenvalue weighted by Crippen LogP contribution is -2.43. The van der Waals surface area contributed by atoms with Crippen LogP contribution in [-0.4, -0.2) is 49.6 Å². The largest absolute Gasteiger partial charge is 0.341 e. The van der Waals surface area contributed by atoms with Crippen LogP contribution >= 0.6 is 12.4 Å². The van der Waals surface area contributed by atoms with E-state index in [0.717, 1.165) is 19.5 Å². The Morgan fingerprint density at radius 1 is 1.53 bits per heavy atom. The van der Waals surface area contributed by atoms with Gasteiger partial charge < -0.3 is 11.1 Å². The molecule has 4 N–H and O–H groups in total. The van der Waals surface area contributed by atoms with Gasteiger partial charge in [-0.2, -0.15) is 0 Å². The molecule has 1 atom stereocenters. The Morgan fingerprint density at radius 2 is 2.20 bits per heavy atom. The Balaban J connectivity index is 0.00000196. The summed E-state index contributed by atoms with van der Waals surface area (Å²) in [7, 11) is 1.47. The van der Waals surface area contributed by atoms with E-state index in [2.05, 4.69) is 10.6 Å². The fourth-order valence-electron chi connectivity index (χ4n) is 1.44. The zero-order valence-corrected chi connectivity index (χ0v) is 9.47. The molecule has 1 aliphatic rings. The van der Waals surface area contributed by atoms with Crippen LogP contribution < -0.4 is 16.4 Å². The van der Waals surface area contributed by atoms with Crippen molar-refractivity contribution in [3.05, 3.63) is 0 Å². The molecule has 1 fully saturated rings. The molecule has 88 valence electrons. The predicted octanol–water partition coefficient (Wildman–Crippen LogP) is -1.10. The lowest BCUT2D eigenvalue weighted by atomic mass is 10.3. The van der Waals surface area contributed by atoms with Crippen LogP contribution in [-0.2, 0) is 4.79 Å². The Hall–Kier alpha value is -0.850. The standard InChI is InChI=1S/C8H16N4O2.ClH/c1-10-8(14)11-7(13)5-12-3-2-6(9)4-12;/h6H,2-5,9H2,1H3,(H2,10,11,13,14);1H. The third kappa shape index (κ3) is 4.96. The number of nitrogens with zero attached hydrogens (tertiary/aromatic N) is 1. The van der Waals surface area contributed by atoms with Gasteiger partial charge in [0.05, 0.1) is 6.54 Å².